The number of nitrogens with zero attached hydrogens (tertiary/aromatic N) is 5. The number of benzene rings is 6. The van der Waals surface area contributed by atoms with E-state index in [-0.39, 0.29) is 76.4 Å². The number of likely N-dealkylation sites (tertiary alicyclic amines) is 1. The molecule has 0 aromatic heterocycles. The lowest BCUT2D eigenvalue weighted by atomic mass is 9.89. The summed E-state index contributed by atoms with van der Waals surface area (Å²) in [7, 11) is 1.64. The molecule has 6 aliphatic heterocycles. The van der Waals surface area contributed by atoms with Gasteiger partial charge in [-0.1, -0.05) is 73.7 Å². The molecule has 12 rings (SSSR count). The lowest BCUT2D eigenvalue weighted by Gasteiger charge is -2.30. The number of carbonyl (C=O) groups excluding carboxylic acids is 10. The first kappa shape index (κ1) is 89.7. The standard InChI is InChI=1S/C87H112N14O18S/c1-5-65-81(106)95-67(52-59-12-7-6-8-13-59)82(107)96-68(83(108)94-66(18-11-28-91-87(88)89)80(105)92-55-77(103)93-65)56-120-75-54-78(104)100(86(75)111)30-27-76(102)90-29-31-101-84(109)63-17-10-16-62-61(22-23-64(79(62)63)85(101)110)15-9-14-60-21-26-71(74(53-60)119-49-44-112-4)99-36-42-117-72-50-57(2)19-24-69(72)97-32-38-113-45-47-115-40-34-98(35-41-116-48-46-114-39-33-97)70-25-20-58(3)51-73(70)118-43-37-99/h6-8,10,12-13,16-17,19-26,50-51,53,65-68,75H,5,9,11,14-15,18,27-49,52,54-56H2,1-4H3,(H,90,102)(H,92,105)(H,93,103)(H,94,108)(H,95,106)(H,96,107)(H4,88,89,91)/t65-,66+,67+,68?,75?/m1/s1. The fourth-order valence-corrected chi connectivity index (χ4v) is 16.1. The van der Waals surface area contributed by atoms with Gasteiger partial charge in [0.05, 0.1) is 101 Å². The zero-order valence-corrected chi connectivity index (χ0v) is 69.6. The number of guanidine groups is 1. The van der Waals surface area contributed by atoms with E-state index in [1.807, 2.05) is 12.1 Å². The molecule has 3 fully saturated rings. The second kappa shape index (κ2) is 45.3. The maximum Gasteiger partial charge on any atom is 0.261 e. The first-order valence-electron chi connectivity index (χ1n) is 41.2. The van der Waals surface area contributed by atoms with Crippen molar-refractivity contribution in [2.75, 3.05) is 179 Å². The lowest BCUT2D eigenvalue weighted by molar-refractivity contribution is -0.138. The largest absolute Gasteiger partial charge is 0.490 e. The van der Waals surface area contributed by atoms with Crippen LogP contribution in [0.5, 0.6) is 17.2 Å². The summed E-state index contributed by atoms with van der Waals surface area (Å²) in [4.78, 5) is 148. The maximum atomic E-state index is 14.4. The summed E-state index contributed by atoms with van der Waals surface area (Å²) in [5.74, 6) is -5.11. The number of amides is 10. The number of hydrogen-bond acceptors (Lipinski definition) is 23. The predicted molar refractivity (Wildman–Crippen MR) is 454 cm³/mol. The van der Waals surface area contributed by atoms with E-state index in [0.29, 0.717) is 166 Å². The molecular weight excluding hydrogens is 1560 g/mol. The molecule has 6 aromatic rings. The van der Waals surface area contributed by atoms with Gasteiger partial charge in [0.25, 0.3) is 11.8 Å². The van der Waals surface area contributed by atoms with Crippen molar-refractivity contribution < 1.29 is 85.8 Å². The average Bonchev–Trinajstić information content (AvgIpc) is 0.797. The molecule has 32 nitrogen and oxygen atoms in total. The van der Waals surface area contributed by atoms with Gasteiger partial charge in [-0.3, -0.25) is 63.2 Å². The smallest absolute Gasteiger partial charge is 0.261 e. The van der Waals surface area contributed by atoms with Gasteiger partial charge in [0, 0.05) is 101 Å². The van der Waals surface area contributed by atoms with Crippen LogP contribution in [0.25, 0.3) is 10.8 Å². The molecule has 0 radical (unpaired) electrons. The monoisotopic (exact) mass is 1670 g/mol. The molecule has 3 saturated heterocycles. The zero-order chi connectivity index (χ0) is 84.9. The van der Waals surface area contributed by atoms with Crippen molar-refractivity contribution in [1.82, 2.24) is 47.0 Å². The molecular formula is C87H112N14O18S. The summed E-state index contributed by atoms with van der Waals surface area (Å²) in [5.41, 5.74) is 13.6. The Hall–Kier alpha value is -11.1. The highest BCUT2D eigenvalue weighted by Gasteiger charge is 2.41. The fourth-order valence-electron chi connectivity index (χ4n) is 15.0. The number of nitrogens with one attached hydrogen (secondary N) is 8. The molecule has 0 saturated carbocycles. The number of anilines is 3. The van der Waals surface area contributed by atoms with E-state index in [1.54, 1.807) is 62.6 Å². The second-order valence-corrected chi connectivity index (χ2v) is 31.2. The SMILES string of the molecule is CC[C@H]1NC(=O)CNC(=O)[C@H](CCCNC(=N)N)NC(=O)C(CSC2CC(=O)N(CCC(=O)NCCN3C(=O)c4cccc5c(CCCc6ccc(N7CCOc8cc(C)ccc8N8CCOCCOCCN(CCOCCOCC8)c8ccc(C)cc8OCC7)c(OCCOC)c6)ccc(c45)C3=O)C2=O)NC(=O)[C@H](Cc2ccccc2)NC1=O. The van der Waals surface area contributed by atoms with E-state index in [4.69, 9.17) is 49.0 Å². The Kier molecular flexibility index (Phi) is 33.9. The lowest BCUT2D eigenvalue weighted by Crippen LogP contribution is -2.58. The summed E-state index contributed by atoms with van der Waals surface area (Å²) >= 11 is 0.901. The molecule has 2 bridgehead atoms. The number of fused-ring (bicyclic) bond motifs is 20. The van der Waals surface area contributed by atoms with Gasteiger partial charge in [-0.15, -0.1) is 11.8 Å². The zero-order valence-electron chi connectivity index (χ0n) is 68.8. The van der Waals surface area contributed by atoms with Crippen LogP contribution in [-0.4, -0.2) is 268 Å². The Balaban J connectivity index is 0.719. The number of nitrogens with two attached hydrogens (primary N) is 1. The van der Waals surface area contributed by atoms with Crippen molar-refractivity contribution in [3.05, 3.63) is 154 Å². The van der Waals surface area contributed by atoms with Crippen molar-refractivity contribution >= 4 is 105 Å². The molecule has 6 aromatic carbocycles. The van der Waals surface area contributed by atoms with Gasteiger partial charge in [-0.05, 0) is 134 Å². The molecule has 5 atom stereocenters. The van der Waals surface area contributed by atoms with Gasteiger partial charge < -0.3 is 95.5 Å². The Morgan fingerprint density at radius 1 is 0.567 bits per heavy atom. The molecule has 0 aliphatic carbocycles. The van der Waals surface area contributed by atoms with Crippen LogP contribution >= 0.6 is 11.8 Å². The van der Waals surface area contributed by atoms with E-state index < -0.39 is 95.0 Å². The van der Waals surface area contributed by atoms with Gasteiger partial charge >= 0.3 is 0 Å². The number of carbonyl (C=O) groups is 10. The third-order valence-corrected chi connectivity index (χ3v) is 22.7. The number of rotatable bonds is 25. The molecule has 2 unspecified atom stereocenters. The number of aryl methyl sites for hydroxylation is 4. The molecule has 33 heteroatoms. The van der Waals surface area contributed by atoms with Crippen molar-refractivity contribution in [2.45, 2.75) is 108 Å². The summed E-state index contributed by atoms with van der Waals surface area (Å²) in [6.45, 7) is 13.1. The first-order chi connectivity index (χ1) is 58.2. The average molecular weight is 1670 g/mol. The number of imide groups is 2. The number of hydrogen-bond donors (Lipinski definition) is 9. The molecule has 10 N–H and O–H groups in total. The van der Waals surface area contributed by atoms with Crippen molar-refractivity contribution in [2.24, 2.45) is 5.73 Å². The molecule has 6 aliphatic rings. The topological polar surface area (TPSA) is 395 Å². The fraction of sp³-hybridized carbons (Fsp3) is 0.483. The second-order valence-electron chi connectivity index (χ2n) is 29.9. The predicted octanol–water partition coefficient (Wildman–Crippen LogP) is 4.28. The number of thioether (sulfide) groups is 1. The van der Waals surface area contributed by atoms with Gasteiger partial charge in [0.2, 0.25) is 47.3 Å². The Labute approximate surface area is 703 Å². The first-order valence-corrected chi connectivity index (χ1v) is 42.3. The summed E-state index contributed by atoms with van der Waals surface area (Å²) in [6.07, 6.45) is 1.66. The Morgan fingerprint density at radius 2 is 1.16 bits per heavy atom. The summed E-state index contributed by atoms with van der Waals surface area (Å²) in [5, 5.41) is 26.3. The van der Waals surface area contributed by atoms with E-state index >= 15 is 0 Å². The maximum absolute atomic E-state index is 14.4. The van der Waals surface area contributed by atoms with E-state index in [9.17, 15) is 47.9 Å². The van der Waals surface area contributed by atoms with Crippen LogP contribution in [0.3, 0.4) is 0 Å². The highest BCUT2D eigenvalue weighted by atomic mass is 32.2. The third kappa shape index (κ3) is 25.2. The molecule has 6 heterocycles. The van der Waals surface area contributed by atoms with Crippen LogP contribution in [-0.2, 0) is 81.3 Å². The highest BCUT2D eigenvalue weighted by Crippen LogP contribution is 2.37. The number of methoxy groups -OCH3 is 1. The molecule has 120 heavy (non-hydrogen) atoms. The Bertz CT molecular complexity index is 4460. The van der Waals surface area contributed by atoms with Gasteiger partial charge in [0.1, 0.15) is 61.2 Å². The Morgan fingerprint density at radius 3 is 1.79 bits per heavy atom. The molecule has 0 spiro atoms. The van der Waals surface area contributed by atoms with Gasteiger partial charge in [0.15, 0.2) is 5.96 Å². The van der Waals surface area contributed by atoms with E-state index in [1.165, 1.54) is 0 Å². The van der Waals surface area contributed by atoms with Crippen molar-refractivity contribution in [3.63, 3.8) is 0 Å². The van der Waals surface area contributed by atoms with Gasteiger partial charge in [-0.2, -0.15) is 0 Å². The van der Waals surface area contributed by atoms with Crippen LogP contribution in [0.15, 0.2) is 115 Å². The minimum Gasteiger partial charge on any atom is -0.490 e. The van der Waals surface area contributed by atoms with Crippen LogP contribution in [0.1, 0.15) is 94.0 Å². The summed E-state index contributed by atoms with van der Waals surface area (Å²) < 4.78 is 50.3. The third-order valence-electron chi connectivity index (χ3n) is 21.4. The molecule has 644 valence electrons. The highest BCUT2D eigenvalue weighted by molar-refractivity contribution is 8.00. The molecule has 10 amide bonds. The number of ether oxygens (including phenoxy) is 8. The van der Waals surface area contributed by atoms with E-state index in [0.717, 1.165) is 77.8 Å². The minimum atomic E-state index is -1.46. The minimum absolute atomic E-state index is 0.00743. The van der Waals surface area contributed by atoms with E-state index in [2.05, 4.69) is 120 Å². The van der Waals surface area contributed by atoms with Crippen LogP contribution < -0.4 is 71.9 Å². The van der Waals surface area contributed by atoms with Crippen LogP contribution in [0.2, 0.25) is 0 Å². The normalized spacial score (nSPS) is 20.1. The van der Waals surface area contributed by atoms with Gasteiger partial charge in [-0.25, -0.2) is 0 Å². The van der Waals surface area contributed by atoms with Crippen molar-refractivity contribution in [3.8, 4) is 17.2 Å². The van der Waals surface area contributed by atoms with Crippen LogP contribution in [0.4, 0.5) is 17.1 Å². The summed E-state index contributed by atoms with van der Waals surface area (Å²) in [6, 6.07) is 31.5. The van der Waals surface area contributed by atoms with Crippen LogP contribution in [0, 0.1) is 19.3 Å². The quantitative estimate of drug-likeness (QED) is 0.0127. The van der Waals surface area contributed by atoms with Crippen molar-refractivity contribution in [1.29, 1.82) is 5.41 Å².